The molecule has 0 radical (unpaired) electrons. The van der Waals surface area contributed by atoms with Crippen LogP contribution in [0.1, 0.15) is 48.3 Å². The van der Waals surface area contributed by atoms with Gasteiger partial charge in [0.15, 0.2) is 0 Å². The standard InChI is InChI=1S/C14H24N2OS/c1-4-15-13(10(2)9-17-3)14-16-11-7-5-6-8-12(11)18-14/h10,13,15H,4-9H2,1-3H3. The van der Waals surface area contributed by atoms with E-state index in [2.05, 4.69) is 19.2 Å². The van der Waals surface area contributed by atoms with Crippen LogP contribution in [0.4, 0.5) is 0 Å². The summed E-state index contributed by atoms with van der Waals surface area (Å²) in [5.41, 5.74) is 1.36. The molecule has 2 unspecified atom stereocenters. The molecular weight excluding hydrogens is 244 g/mol. The Morgan fingerprint density at radius 1 is 1.39 bits per heavy atom. The summed E-state index contributed by atoms with van der Waals surface area (Å²) in [7, 11) is 1.77. The smallest absolute Gasteiger partial charge is 0.110 e. The van der Waals surface area contributed by atoms with Crippen LogP contribution in [0, 0.1) is 5.92 Å². The molecule has 1 aliphatic rings. The van der Waals surface area contributed by atoms with Gasteiger partial charge in [0.2, 0.25) is 0 Å². The van der Waals surface area contributed by atoms with Crippen LogP contribution >= 0.6 is 11.3 Å². The number of fused-ring (bicyclic) bond motifs is 1. The molecule has 0 aliphatic heterocycles. The first-order valence-electron chi connectivity index (χ1n) is 6.97. The molecule has 2 rings (SSSR count). The van der Waals surface area contributed by atoms with Crippen LogP contribution < -0.4 is 5.32 Å². The molecule has 102 valence electrons. The summed E-state index contributed by atoms with van der Waals surface area (Å²) in [4.78, 5) is 6.39. The second kappa shape index (κ2) is 6.64. The normalized spacial score (nSPS) is 18.4. The maximum atomic E-state index is 5.29. The third-order valence-corrected chi connectivity index (χ3v) is 4.79. The van der Waals surface area contributed by atoms with Gasteiger partial charge in [-0.1, -0.05) is 13.8 Å². The van der Waals surface area contributed by atoms with E-state index in [9.17, 15) is 0 Å². The quantitative estimate of drug-likeness (QED) is 0.861. The van der Waals surface area contributed by atoms with E-state index in [1.165, 1.54) is 41.3 Å². The fraction of sp³-hybridized carbons (Fsp3) is 0.786. The Hall–Kier alpha value is -0.450. The third-order valence-electron chi connectivity index (χ3n) is 3.55. The summed E-state index contributed by atoms with van der Waals surface area (Å²) in [6.45, 7) is 6.14. The number of thiazole rings is 1. The van der Waals surface area contributed by atoms with Gasteiger partial charge in [-0.15, -0.1) is 11.3 Å². The van der Waals surface area contributed by atoms with Crippen molar-refractivity contribution in [2.75, 3.05) is 20.3 Å². The SMILES string of the molecule is CCNC(c1nc2c(s1)CCCC2)C(C)COC. The largest absolute Gasteiger partial charge is 0.384 e. The van der Waals surface area contributed by atoms with E-state index in [1.807, 2.05) is 11.3 Å². The summed E-state index contributed by atoms with van der Waals surface area (Å²) < 4.78 is 5.29. The van der Waals surface area contributed by atoms with Crippen molar-refractivity contribution in [3.05, 3.63) is 15.6 Å². The molecule has 1 aliphatic carbocycles. The van der Waals surface area contributed by atoms with Gasteiger partial charge >= 0.3 is 0 Å². The van der Waals surface area contributed by atoms with E-state index in [0.717, 1.165) is 13.2 Å². The highest BCUT2D eigenvalue weighted by Gasteiger charge is 2.24. The predicted molar refractivity (Wildman–Crippen MR) is 76.2 cm³/mol. The Morgan fingerprint density at radius 2 is 2.17 bits per heavy atom. The molecule has 18 heavy (non-hydrogen) atoms. The highest BCUT2D eigenvalue weighted by Crippen LogP contribution is 2.32. The Balaban J connectivity index is 2.16. The number of ether oxygens (including phenoxy) is 1. The maximum absolute atomic E-state index is 5.29. The molecule has 1 aromatic rings. The second-order valence-electron chi connectivity index (χ2n) is 5.10. The van der Waals surface area contributed by atoms with Crippen molar-refractivity contribution < 1.29 is 4.74 Å². The van der Waals surface area contributed by atoms with Gasteiger partial charge in [-0.05, 0) is 32.2 Å². The summed E-state index contributed by atoms with van der Waals surface area (Å²) in [5.74, 6) is 0.461. The fourth-order valence-corrected chi connectivity index (χ4v) is 3.98. The second-order valence-corrected chi connectivity index (χ2v) is 6.21. The van der Waals surface area contributed by atoms with Crippen LogP contribution in [0.3, 0.4) is 0 Å². The summed E-state index contributed by atoms with van der Waals surface area (Å²) >= 11 is 1.91. The Morgan fingerprint density at radius 3 is 2.83 bits per heavy atom. The lowest BCUT2D eigenvalue weighted by molar-refractivity contribution is 0.139. The number of rotatable bonds is 6. The van der Waals surface area contributed by atoms with Gasteiger partial charge in [0.25, 0.3) is 0 Å². The van der Waals surface area contributed by atoms with Crippen molar-refractivity contribution in [1.82, 2.24) is 10.3 Å². The van der Waals surface area contributed by atoms with Crippen LogP contribution in [-0.2, 0) is 17.6 Å². The summed E-state index contributed by atoms with van der Waals surface area (Å²) in [5, 5.41) is 4.82. The number of aromatic nitrogens is 1. The van der Waals surface area contributed by atoms with Gasteiger partial charge in [-0.2, -0.15) is 0 Å². The monoisotopic (exact) mass is 268 g/mol. The highest BCUT2D eigenvalue weighted by atomic mass is 32.1. The first-order valence-corrected chi connectivity index (χ1v) is 7.78. The van der Waals surface area contributed by atoms with E-state index in [1.54, 1.807) is 7.11 Å². The van der Waals surface area contributed by atoms with E-state index >= 15 is 0 Å². The van der Waals surface area contributed by atoms with Gasteiger partial charge in [0, 0.05) is 17.9 Å². The lowest BCUT2D eigenvalue weighted by Crippen LogP contribution is -2.29. The minimum absolute atomic E-state index is 0.338. The molecule has 0 amide bonds. The Kier molecular flexibility index (Phi) is 5.15. The van der Waals surface area contributed by atoms with Crippen LogP contribution in [0.15, 0.2) is 0 Å². The molecule has 0 saturated heterocycles. The van der Waals surface area contributed by atoms with Crippen molar-refractivity contribution in [3.63, 3.8) is 0 Å². The zero-order valence-electron chi connectivity index (χ0n) is 11.7. The van der Waals surface area contributed by atoms with Crippen molar-refractivity contribution in [3.8, 4) is 0 Å². The average molecular weight is 268 g/mol. The first-order chi connectivity index (χ1) is 8.76. The van der Waals surface area contributed by atoms with Gasteiger partial charge in [0.1, 0.15) is 5.01 Å². The van der Waals surface area contributed by atoms with Gasteiger partial charge in [0.05, 0.1) is 18.3 Å². The number of hydrogen-bond acceptors (Lipinski definition) is 4. The molecule has 0 aromatic carbocycles. The van der Waals surface area contributed by atoms with Crippen LogP contribution in [0.5, 0.6) is 0 Å². The van der Waals surface area contributed by atoms with E-state index < -0.39 is 0 Å². The number of nitrogens with one attached hydrogen (secondary N) is 1. The fourth-order valence-electron chi connectivity index (χ4n) is 2.62. The Bertz CT molecular complexity index is 354. The van der Waals surface area contributed by atoms with E-state index in [0.29, 0.717) is 12.0 Å². The number of methoxy groups -OCH3 is 1. The minimum Gasteiger partial charge on any atom is -0.384 e. The number of nitrogens with zero attached hydrogens (tertiary/aromatic N) is 1. The van der Waals surface area contributed by atoms with E-state index in [4.69, 9.17) is 9.72 Å². The molecule has 4 heteroatoms. The Labute approximate surface area is 114 Å². The minimum atomic E-state index is 0.338. The van der Waals surface area contributed by atoms with Crippen molar-refractivity contribution in [2.24, 2.45) is 5.92 Å². The average Bonchev–Trinajstić information content (AvgIpc) is 2.79. The van der Waals surface area contributed by atoms with E-state index in [-0.39, 0.29) is 0 Å². The number of hydrogen-bond donors (Lipinski definition) is 1. The third kappa shape index (κ3) is 3.11. The molecule has 0 spiro atoms. The molecule has 3 nitrogen and oxygen atoms in total. The van der Waals surface area contributed by atoms with Crippen molar-refractivity contribution >= 4 is 11.3 Å². The van der Waals surface area contributed by atoms with Gasteiger partial charge in [-0.25, -0.2) is 4.98 Å². The lowest BCUT2D eigenvalue weighted by Gasteiger charge is -2.22. The van der Waals surface area contributed by atoms with Gasteiger partial charge in [-0.3, -0.25) is 0 Å². The zero-order valence-corrected chi connectivity index (χ0v) is 12.5. The topological polar surface area (TPSA) is 34.2 Å². The first kappa shape index (κ1) is 14.0. The van der Waals surface area contributed by atoms with Crippen LogP contribution in [0.2, 0.25) is 0 Å². The van der Waals surface area contributed by atoms with Crippen LogP contribution in [-0.4, -0.2) is 25.2 Å². The summed E-state index contributed by atoms with van der Waals surface area (Å²) in [6, 6.07) is 0.338. The molecule has 0 bridgehead atoms. The van der Waals surface area contributed by atoms with Crippen LogP contribution in [0.25, 0.3) is 0 Å². The summed E-state index contributed by atoms with van der Waals surface area (Å²) in [6.07, 6.45) is 5.03. The molecule has 1 heterocycles. The molecule has 1 N–H and O–H groups in total. The zero-order chi connectivity index (χ0) is 13.0. The molecule has 1 aromatic heterocycles. The lowest BCUT2D eigenvalue weighted by atomic mass is 10.0. The van der Waals surface area contributed by atoms with Gasteiger partial charge < -0.3 is 10.1 Å². The molecule has 2 atom stereocenters. The maximum Gasteiger partial charge on any atom is 0.110 e. The number of aryl methyl sites for hydroxylation is 2. The molecular formula is C14H24N2OS. The highest BCUT2D eigenvalue weighted by molar-refractivity contribution is 7.11. The van der Waals surface area contributed by atoms with Crippen molar-refractivity contribution in [2.45, 2.75) is 45.6 Å². The molecule has 0 fully saturated rings. The predicted octanol–water partition coefficient (Wildman–Crippen LogP) is 2.96. The van der Waals surface area contributed by atoms with Crippen molar-refractivity contribution in [1.29, 1.82) is 0 Å². The molecule has 0 saturated carbocycles.